The van der Waals surface area contributed by atoms with Crippen molar-refractivity contribution in [3.05, 3.63) is 29.6 Å². The third-order valence-corrected chi connectivity index (χ3v) is 1.59. The second-order valence-electron chi connectivity index (χ2n) is 2.60. The van der Waals surface area contributed by atoms with Gasteiger partial charge in [0.25, 0.3) is 0 Å². The molecule has 1 aromatic rings. The third-order valence-electron chi connectivity index (χ3n) is 1.59. The number of carbonyl (C=O) groups excluding carboxylic acids is 2. The maximum absolute atomic E-state index is 11.0. The first-order valence-corrected chi connectivity index (χ1v) is 4.25. The van der Waals surface area contributed by atoms with Crippen molar-refractivity contribution in [2.75, 3.05) is 7.11 Å². The van der Waals surface area contributed by atoms with Crippen molar-refractivity contribution in [2.45, 2.75) is 6.42 Å². The lowest BCUT2D eigenvalue weighted by atomic mass is 10.2. The number of aldehydes is 1. The van der Waals surface area contributed by atoms with E-state index in [1.807, 2.05) is 0 Å². The van der Waals surface area contributed by atoms with E-state index in [0.717, 1.165) is 6.29 Å². The highest BCUT2D eigenvalue weighted by molar-refractivity contribution is 5.88. The Labute approximate surface area is 87.3 Å². The smallest absolute Gasteiger partial charge is 0.339 e. The largest absolute Gasteiger partial charge is 0.465 e. The van der Waals surface area contributed by atoms with Gasteiger partial charge in [0.15, 0.2) is 0 Å². The van der Waals surface area contributed by atoms with Gasteiger partial charge in [-0.2, -0.15) is 0 Å². The van der Waals surface area contributed by atoms with Gasteiger partial charge in [0.05, 0.1) is 19.1 Å². The maximum Gasteiger partial charge on any atom is 0.339 e. The number of hydrogen-bond donors (Lipinski definition) is 0. The van der Waals surface area contributed by atoms with E-state index in [1.54, 1.807) is 12.1 Å². The normalized spacial score (nSPS) is 8.60. The summed E-state index contributed by atoms with van der Waals surface area (Å²) in [6.07, 6.45) is 2.28. The number of rotatable bonds is 2. The summed E-state index contributed by atoms with van der Waals surface area (Å²) in [6.45, 7) is 0. The second kappa shape index (κ2) is 5.55. The Morgan fingerprint density at radius 1 is 1.60 bits per heavy atom. The van der Waals surface area contributed by atoms with E-state index in [9.17, 15) is 9.59 Å². The zero-order valence-electron chi connectivity index (χ0n) is 8.19. The molecule has 0 aliphatic heterocycles. The van der Waals surface area contributed by atoms with Gasteiger partial charge in [-0.1, -0.05) is 5.92 Å². The standard InChI is InChI=1S/C11H9NO3/c1-15-11(14)9-5-6-10(12-8-9)4-2-3-7-13/h5-8H,3H2,1H3. The molecule has 0 saturated heterocycles. The number of ether oxygens (including phenoxy) is 1. The monoisotopic (exact) mass is 203 g/mol. The van der Waals surface area contributed by atoms with Gasteiger partial charge in [-0.25, -0.2) is 9.78 Å². The first-order valence-electron chi connectivity index (χ1n) is 4.25. The Hall–Kier alpha value is -2.15. The molecule has 1 rings (SSSR count). The van der Waals surface area contributed by atoms with Crippen LogP contribution < -0.4 is 0 Å². The minimum atomic E-state index is -0.435. The summed E-state index contributed by atoms with van der Waals surface area (Å²) in [5.41, 5.74) is 0.892. The quantitative estimate of drug-likeness (QED) is 0.405. The number of methoxy groups -OCH3 is 1. The van der Waals surface area contributed by atoms with Crippen LogP contribution >= 0.6 is 0 Å². The molecule has 76 valence electrons. The van der Waals surface area contributed by atoms with E-state index >= 15 is 0 Å². The van der Waals surface area contributed by atoms with E-state index < -0.39 is 5.97 Å². The van der Waals surface area contributed by atoms with Crippen LogP contribution in [-0.2, 0) is 9.53 Å². The first kappa shape index (κ1) is 10.9. The Morgan fingerprint density at radius 3 is 2.93 bits per heavy atom. The molecule has 4 nitrogen and oxygen atoms in total. The molecule has 1 aromatic heterocycles. The predicted molar refractivity (Wildman–Crippen MR) is 53.1 cm³/mol. The van der Waals surface area contributed by atoms with E-state index in [0.29, 0.717) is 11.3 Å². The molecule has 0 aliphatic carbocycles. The zero-order valence-corrected chi connectivity index (χ0v) is 8.19. The molecule has 1 heterocycles. The molecule has 0 amide bonds. The molecular formula is C11H9NO3. The maximum atomic E-state index is 11.0. The fraction of sp³-hybridized carbons (Fsp3) is 0.182. The molecule has 0 bridgehead atoms. The molecule has 0 saturated carbocycles. The molecule has 0 aromatic carbocycles. The van der Waals surface area contributed by atoms with Crippen LogP contribution in [0.5, 0.6) is 0 Å². The van der Waals surface area contributed by atoms with Crippen LogP contribution in [0.3, 0.4) is 0 Å². The molecule has 0 radical (unpaired) electrons. The van der Waals surface area contributed by atoms with Crippen LogP contribution in [0.1, 0.15) is 22.5 Å². The summed E-state index contributed by atoms with van der Waals surface area (Å²) < 4.78 is 4.51. The lowest BCUT2D eigenvalue weighted by Gasteiger charge is -1.97. The fourth-order valence-electron chi connectivity index (χ4n) is 0.890. The Balaban J connectivity index is 2.77. The average molecular weight is 203 g/mol. The second-order valence-corrected chi connectivity index (χ2v) is 2.60. The van der Waals surface area contributed by atoms with Crippen LogP contribution in [0.25, 0.3) is 0 Å². The molecule has 0 spiro atoms. The predicted octanol–water partition coefficient (Wildman–Crippen LogP) is 0.809. The van der Waals surface area contributed by atoms with E-state index in [-0.39, 0.29) is 6.42 Å². The van der Waals surface area contributed by atoms with Crippen LogP contribution in [0.15, 0.2) is 18.3 Å². The number of aromatic nitrogens is 1. The van der Waals surface area contributed by atoms with Gasteiger partial charge in [0, 0.05) is 6.20 Å². The molecule has 0 unspecified atom stereocenters. The summed E-state index contributed by atoms with van der Waals surface area (Å²) in [5, 5.41) is 0. The van der Waals surface area contributed by atoms with Crippen molar-refractivity contribution in [1.29, 1.82) is 0 Å². The highest BCUT2D eigenvalue weighted by Crippen LogP contribution is 2.00. The SMILES string of the molecule is COC(=O)c1ccc(C#CCC=O)nc1. The number of nitrogens with zero attached hydrogens (tertiary/aromatic N) is 1. The van der Waals surface area contributed by atoms with Crippen molar-refractivity contribution in [3.8, 4) is 11.8 Å². The summed E-state index contributed by atoms with van der Waals surface area (Å²) in [7, 11) is 1.31. The van der Waals surface area contributed by atoms with Crippen LogP contribution in [0.2, 0.25) is 0 Å². The van der Waals surface area contributed by atoms with Gasteiger partial charge in [-0.15, -0.1) is 0 Å². The van der Waals surface area contributed by atoms with E-state index in [2.05, 4.69) is 21.6 Å². The Morgan fingerprint density at radius 2 is 2.40 bits per heavy atom. The van der Waals surface area contributed by atoms with Crippen LogP contribution in [0, 0.1) is 11.8 Å². The van der Waals surface area contributed by atoms with Crippen LogP contribution in [0.4, 0.5) is 0 Å². The fourth-order valence-corrected chi connectivity index (χ4v) is 0.890. The Bertz CT molecular complexity index is 412. The summed E-state index contributed by atoms with van der Waals surface area (Å²) in [4.78, 5) is 25.0. The number of esters is 1. The molecule has 0 atom stereocenters. The van der Waals surface area contributed by atoms with Gasteiger partial charge in [0.1, 0.15) is 12.0 Å². The number of pyridine rings is 1. The van der Waals surface area contributed by atoms with Crippen LogP contribution in [-0.4, -0.2) is 24.3 Å². The zero-order chi connectivity index (χ0) is 11.1. The molecule has 4 heteroatoms. The summed E-state index contributed by atoms with van der Waals surface area (Å²) in [5.74, 6) is 4.87. The minimum Gasteiger partial charge on any atom is -0.465 e. The number of carbonyl (C=O) groups is 2. The lowest BCUT2D eigenvalue weighted by molar-refractivity contribution is -0.107. The van der Waals surface area contributed by atoms with Crippen molar-refractivity contribution in [2.24, 2.45) is 0 Å². The molecule has 0 aliphatic rings. The molecular weight excluding hydrogens is 194 g/mol. The highest BCUT2D eigenvalue weighted by atomic mass is 16.5. The molecule has 0 N–H and O–H groups in total. The van der Waals surface area contributed by atoms with Gasteiger partial charge in [-0.05, 0) is 18.1 Å². The number of hydrogen-bond acceptors (Lipinski definition) is 4. The van der Waals surface area contributed by atoms with E-state index in [4.69, 9.17) is 0 Å². The highest BCUT2D eigenvalue weighted by Gasteiger charge is 2.03. The van der Waals surface area contributed by atoms with Gasteiger partial charge in [0.2, 0.25) is 0 Å². The van der Waals surface area contributed by atoms with Gasteiger partial charge >= 0.3 is 5.97 Å². The van der Waals surface area contributed by atoms with Gasteiger partial charge in [-0.3, -0.25) is 0 Å². The van der Waals surface area contributed by atoms with Crippen molar-refractivity contribution < 1.29 is 14.3 Å². The average Bonchev–Trinajstić information content (AvgIpc) is 2.29. The summed E-state index contributed by atoms with van der Waals surface area (Å²) in [6, 6.07) is 3.17. The lowest BCUT2D eigenvalue weighted by Crippen LogP contribution is -2.01. The van der Waals surface area contributed by atoms with Crippen molar-refractivity contribution in [3.63, 3.8) is 0 Å². The third kappa shape index (κ3) is 3.24. The molecule has 0 fully saturated rings. The first-order chi connectivity index (χ1) is 7.27. The van der Waals surface area contributed by atoms with Crippen molar-refractivity contribution in [1.82, 2.24) is 4.98 Å². The topological polar surface area (TPSA) is 56.3 Å². The van der Waals surface area contributed by atoms with E-state index in [1.165, 1.54) is 13.3 Å². The van der Waals surface area contributed by atoms with Crippen molar-refractivity contribution >= 4 is 12.3 Å². The Kier molecular flexibility index (Phi) is 4.05. The molecule has 15 heavy (non-hydrogen) atoms. The van der Waals surface area contributed by atoms with Gasteiger partial charge < -0.3 is 9.53 Å². The summed E-state index contributed by atoms with van der Waals surface area (Å²) >= 11 is 0. The minimum absolute atomic E-state index is 0.181.